The summed E-state index contributed by atoms with van der Waals surface area (Å²) in [6, 6.07) is 0. The second-order valence-corrected chi connectivity index (χ2v) is 10.4. The Bertz CT molecular complexity index is 1010. The minimum Gasteiger partial charge on any atom is -0.455 e. The maximum atomic E-state index is 12.6. The smallest absolute Gasteiger partial charge is 0.310 e. The van der Waals surface area contributed by atoms with E-state index in [-0.39, 0.29) is 24.5 Å². The zero-order chi connectivity index (χ0) is 21.8. The summed E-state index contributed by atoms with van der Waals surface area (Å²) in [4.78, 5) is 33.9. The highest BCUT2D eigenvalue weighted by Gasteiger charge is 2.51. The summed E-state index contributed by atoms with van der Waals surface area (Å²) >= 11 is 1.44. The number of nitrogens with zero attached hydrogens (tertiary/aromatic N) is 4. The molecule has 0 aromatic carbocycles. The molecular formula is C22H29N5O3S. The maximum Gasteiger partial charge on any atom is 0.310 e. The van der Waals surface area contributed by atoms with Gasteiger partial charge in [-0.2, -0.15) is 4.98 Å². The van der Waals surface area contributed by atoms with Crippen molar-refractivity contribution in [2.24, 2.45) is 17.8 Å². The lowest BCUT2D eigenvalue weighted by Crippen LogP contribution is -2.60. The third-order valence-corrected chi connectivity index (χ3v) is 7.88. The van der Waals surface area contributed by atoms with Gasteiger partial charge in [0.2, 0.25) is 5.16 Å². The lowest BCUT2D eigenvalue weighted by atomic mass is 9.53. The fourth-order valence-electron chi connectivity index (χ4n) is 6.47. The SMILES string of the molecule is CSc1nc2nc(C)c(CC(=O)OCC(=O)NC34CC5CC(CC(C5)C3)C4)c(C)n2n1. The third-order valence-electron chi connectivity index (χ3n) is 7.34. The average molecular weight is 444 g/mol. The molecule has 4 aliphatic rings. The molecule has 4 bridgehead atoms. The predicted molar refractivity (Wildman–Crippen MR) is 116 cm³/mol. The first-order chi connectivity index (χ1) is 14.8. The highest BCUT2D eigenvalue weighted by atomic mass is 32.2. The fraction of sp³-hybridized carbons (Fsp3) is 0.682. The van der Waals surface area contributed by atoms with Gasteiger partial charge in [-0.25, -0.2) is 9.50 Å². The fourth-order valence-corrected chi connectivity index (χ4v) is 6.81. The number of thioether (sulfide) groups is 1. The molecule has 1 N–H and O–H groups in total. The van der Waals surface area contributed by atoms with Crippen LogP contribution in [0.1, 0.15) is 55.5 Å². The van der Waals surface area contributed by atoms with Gasteiger partial charge in [0, 0.05) is 22.5 Å². The molecule has 0 unspecified atom stereocenters. The summed E-state index contributed by atoms with van der Waals surface area (Å²) in [6.45, 7) is 3.51. The van der Waals surface area contributed by atoms with Crippen LogP contribution in [-0.4, -0.2) is 49.9 Å². The standard InChI is InChI=1S/C22H29N5O3S/c1-12-17(13(2)27-20(23-12)24-21(26-27)31-3)7-19(29)30-11-18(28)25-22-8-14-4-15(9-22)6-16(5-14)10-22/h14-16H,4-11H2,1-3H3,(H,25,28). The molecule has 0 aliphatic heterocycles. The maximum absolute atomic E-state index is 12.6. The van der Waals surface area contributed by atoms with Crippen LogP contribution in [0, 0.1) is 31.6 Å². The number of aromatic nitrogens is 4. The molecule has 4 fully saturated rings. The van der Waals surface area contributed by atoms with E-state index in [0.29, 0.717) is 10.9 Å². The number of carbonyl (C=O) groups is 2. The van der Waals surface area contributed by atoms with Gasteiger partial charge < -0.3 is 10.1 Å². The van der Waals surface area contributed by atoms with Crippen molar-refractivity contribution < 1.29 is 14.3 Å². The topological polar surface area (TPSA) is 98.5 Å². The Morgan fingerprint density at radius 2 is 1.77 bits per heavy atom. The molecule has 2 aromatic rings. The van der Waals surface area contributed by atoms with Crippen LogP contribution >= 0.6 is 11.8 Å². The summed E-state index contributed by atoms with van der Waals surface area (Å²) in [6.07, 6.45) is 9.18. The first-order valence-corrected chi connectivity index (χ1v) is 12.3. The van der Waals surface area contributed by atoms with E-state index in [1.807, 2.05) is 20.1 Å². The molecule has 0 saturated heterocycles. The summed E-state index contributed by atoms with van der Waals surface area (Å²) in [7, 11) is 0. The van der Waals surface area contributed by atoms with Crippen LogP contribution in [0.5, 0.6) is 0 Å². The molecule has 2 aromatic heterocycles. The Kier molecular flexibility index (Phi) is 5.19. The summed E-state index contributed by atoms with van der Waals surface area (Å²) in [5, 5.41) is 8.29. The monoisotopic (exact) mass is 443 g/mol. The van der Waals surface area contributed by atoms with Crippen LogP contribution in [0.2, 0.25) is 0 Å². The lowest BCUT2D eigenvalue weighted by molar-refractivity contribution is -0.149. The molecular weight excluding hydrogens is 414 g/mol. The van der Waals surface area contributed by atoms with E-state index in [0.717, 1.165) is 54.0 Å². The van der Waals surface area contributed by atoms with Crippen LogP contribution in [0.25, 0.3) is 5.78 Å². The van der Waals surface area contributed by atoms with Gasteiger partial charge in [-0.15, -0.1) is 5.10 Å². The van der Waals surface area contributed by atoms with E-state index < -0.39 is 5.97 Å². The molecule has 9 heteroatoms. The quantitative estimate of drug-likeness (QED) is 0.541. The van der Waals surface area contributed by atoms with Crippen LogP contribution in [0.3, 0.4) is 0 Å². The van der Waals surface area contributed by atoms with Crippen molar-refractivity contribution in [1.82, 2.24) is 24.9 Å². The minimum absolute atomic E-state index is 0.0553. The highest BCUT2D eigenvalue weighted by molar-refractivity contribution is 7.98. The van der Waals surface area contributed by atoms with E-state index in [4.69, 9.17) is 4.74 Å². The number of amides is 1. The van der Waals surface area contributed by atoms with Crippen molar-refractivity contribution in [3.8, 4) is 0 Å². The van der Waals surface area contributed by atoms with Crippen LogP contribution < -0.4 is 5.32 Å². The molecule has 4 aliphatic carbocycles. The molecule has 1 amide bonds. The number of hydrogen-bond donors (Lipinski definition) is 1. The lowest BCUT2D eigenvalue weighted by Gasteiger charge is -2.56. The van der Waals surface area contributed by atoms with Crippen molar-refractivity contribution in [2.75, 3.05) is 12.9 Å². The van der Waals surface area contributed by atoms with E-state index >= 15 is 0 Å². The van der Waals surface area contributed by atoms with Crippen molar-refractivity contribution in [2.45, 2.75) is 69.5 Å². The van der Waals surface area contributed by atoms with Crippen molar-refractivity contribution >= 4 is 29.4 Å². The first-order valence-electron chi connectivity index (χ1n) is 11.1. The van der Waals surface area contributed by atoms with E-state index in [2.05, 4.69) is 20.4 Å². The molecule has 6 rings (SSSR count). The molecule has 2 heterocycles. The number of nitrogens with one attached hydrogen (secondary N) is 1. The highest BCUT2D eigenvalue weighted by Crippen LogP contribution is 2.55. The first kappa shape index (κ1) is 20.7. The van der Waals surface area contributed by atoms with Gasteiger partial charge in [0.05, 0.1) is 6.42 Å². The zero-order valence-electron chi connectivity index (χ0n) is 18.3. The average Bonchev–Trinajstić information content (AvgIpc) is 3.11. The number of carbonyl (C=O) groups excluding carboxylic acids is 2. The van der Waals surface area contributed by atoms with Gasteiger partial charge in [-0.1, -0.05) is 11.8 Å². The summed E-state index contributed by atoms with van der Waals surface area (Å²) < 4.78 is 7.00. The molecule has 0 spiro atoms. The molecule has 166 valence electrons. The predicted octanol–water partition coefficient (Wildman–Crippen LogP) is 2.63. The van der Waals surface area contributed by atoms with Crippen LogP contribution in [-0.2, 0) is 20.7 Å². The van der Waals surface area contributed by atoms with Crippen molar-refractivity contribution in [3.05, 3.63) is 17.0 Å². The van der Waals surface area contributed by atoms with Gasteiger partial charge in [-0.3, -0.25) is 9.59 Å². The van der Waals surface area contributed by atoms with E-state index in [1.165, 1.54) is 31.0 Å². The number of hydrogen-bond acceptors (Lipinski definition) is 7. The summed E-state index contributed by atoms with van der Waals surface area (Å²) in [5.41, 5.74) is 2.23. The van der Waals surface area contributed by atoms with E-state index in [1.54, 1.807) is 4.52 Å². The number of aryl methyl sites for hydroxylation is 2. The minimum atomic E-state index is -0.432. The summed E-state index contributed by atoms with van der Waals surface area (Å²) in [5.74, 6) is 2.17. The van der Waals surface area contributed by atoms with Crippen LogP contribution in [0.4, 0.5) is 0 Å². The second-order valence-electron chi connectivity index (χ2n) is 9.66. The number of esters is 1. The largest absolute Gasteiger partial charge is 0.455 e. The molecule has 4 saturated carbocycles. The Morgan fingerprint density at radius 1 is 1.13 bits per heavy atom. The van der Waals surface area contributed by atoms with Crippen LogP contribution in [0.15, 0.2) is 5.16 Å². The van der Waals surface area contributed by atoms with Gasteiger partial charge in [0.15, 0.2) is 6.61 Å². The normalized spacial score (nSPS) is 28.8. The number of fused-ring (bicyclic) bond motifs is 1. The molecule has 0 radical (unpaired) electrons. The van der Waals surface area contributed by atoms with Gasteiger partial charge in [0.25, 0.3) is 11.7 Å². The Morgan fingerprint density at radius 3 is 2.39 bits per heavy atom. The molecule has 0 atom stereocenters. The van der Waals surface area contributed by atoms with E-state index in [9.17, 15) is 9.59 Å². The molecule has 8 nitrogen and oxygen atoms in total. The Hall–Kier alpha value is -2.16. The Labute approximate surface area is 185 Å². The zero-order valence-corrected chi connectivity index (χ0v) is 19.1. The number of ether oxygens (including phenoxy) is 1. The third kappa shape index (κ3) is 3.92. The Balaban J connectivity index is 1.20. The van der Waals surface area contributed by atoms with Gasteiger partial charge in [0.1, 0.15) is 0 Å². The van der Waals surface area contributed by atoms with Crippen molar-refractivity contribution in [1.29, 1.82) is 0 Å². The molecule has 31 heavy (non-hydrogen) atoms. The van der Waals surface area contributed by atoms with Gasteiger partial charge >= 0.3 is 5.97 Å². The van der Waals surface area contributed by atoms with Gasteiger partial charge in [-0.05, 0) is 76.4 Å². The number of rotatable bonds is 6. The second kappa shape index (κ2) is 7.76. The van der Waals surface area contributed by atoms with Crippen molar-refractivity contribution in [3.63, 3.8) is 0 Å².